The fraction of sp³-hybridized carbons (Fsp3) is 0.176. The molecule has 5 nitrogen and oxygen atoms in total. The molecule has 0 radical (unpaired) electrons. The minimum atomic E-state index is -1.82. The second-order valence-corrected chi connectivity index (χ2v) is 5.60. The van der Waals surface area contributed by atoms with E-state index < -0.39 is 11.9 Å². The molecule has 0 fully saturated rings. The topological polar surface area (TPSA) is 86.6 Å². The standard InChI is InChI=1S/C15H17NS.C2H2O4/c1-16-12-11-13-7-5-6-10-15(13)17-14-8-3-2-4-9-14;3-1(4)2(5)6/h2-10,16H,11-12H2,1H3;(H,3,4)(H,5,6). The van der Waals surface area contributed by atoms with Gasteiger partial charge < -0.3 is 15.5 Å². The maximum Gasteiger partial charge on any atom is 0.414 e. The summed E-state index contributed by atoms with van der Waals surface area (Å²) >= 11 is 1.84. The zero-order valence-corrected chi connectivity index (χ0v) is 13.5. The smallest absolute Gasteiger partial charge is 0.414 e. The zero-order valence-electron chi connectivity index (χ0n) is 12.7. The summed E-state index contributed by atoms with van der Waals surface area (Å²) in [5.74, 6) is -3.65. The Hall–Kier alpha value is -2.31. The molecule has 0 aliphatic heterocycles. The highest BCUT2D eigenvalue weighted by Gasteiger charge is 2.04. The van der Waals surface area contributed by atoms with Gasteiger partial charge in [-0.2, -0.15) is 0 Å². The molecule has 0 spiro atoms. The number of hydrogen-bond acceptors (Lipinski definition) is 4. The van der Waals surface area contributed by atoms with Gasteiger partial charge in [-0.05, 0) is 43.8 Å². The van der Waals surface area contributed by atoms with Crippen LogP contribution in [0.15, 0.2) is 64.4 Å². The van der Waals surface area contributed by atoms with Crippen molar-refractivity contribution in [2.75, 3.05) is 13.6 Å². The van der Waals surface area contributed by atoms with Crippen LogP contribution in [0, 0.1) is 0 Å². The fourth-order valence-electron chi connectivity index (χ4n) is 1.69. The van der Waals surface area contributed by atoms with Gasteiger partial charge in [-0.25, -0.2) is 9.59 Å². The highest BCUT2D eigenvalue weighted by atomic mass is 32.2. The Kier molecular flexibility index (Phi) is 8.49. The third kappa shape index (κ3) is 7.49. The van der Waals surface area contributed by atoms with Crippen molar-refractivity contribution >= 4 is 23.7 Å². The second-order valence-electron chi connectivity index (χ2n) is 4.49. The van der Waals surface area contributed by atoms with E-state index in [2.05, 4.69) is 59.9 Å². The molecule has 0 aliphatic carbocycles. The predicted octanol–water partition coefficient (Wildman–Crippen LogP) is 2.76. The van der Waals surface area contributed by atoms with Gasteiger partial charge in [0.2, 0.25) is 0 Å². The van der Waals surface area contributed by atoms with Crippen LogP contribution in [-0.2, 0) is 16.0 Å². The van der Waals surface area contributed by atoms with Crippen LogP contribution in [0.3, 0.4) is 0 Å². The second kappa shape index (κ2) is 10.4. The Morgan fingerprint density at radius 1 is 0.957 bits per heavy atom. The van der Waals surface area contributed by atoms with Gasteiger partial charge in [0.25, 0.3) is 0 Å². The van der Waals surface area contributed by atoms with E-state index in [4.69, 9.17) is 19.8 Å². The maximum atomic E-state index is 9.10. The Morgan fingerprint density at radius 3 is 2.09 bits per heavy atom. The molecule has 2 aromatic rings. The van der Waals surface area contributed by atoms with Crippen LogP contribution >= 0.6 is 11.8 Å². The van der Waals surface area contributed by atoms with Crippen molar-refractivity contribution in [3.8, 4) is 0 Å². The van der Waals surface area contributed by atoms with Crippen LogP contribution in [0.25, 0.3) is 0 Å². The normalized spacial score (nSPS) is 9.61. The quantitative estimate of drug-likeness (QED) is 0.730. The van der Waals surface area contributed by atoms with E-state index in [1.54, 1.807) is 0 Å². The molecule has 0 heterocycles. The van der Waals surface area contributed by atoms with E-state index >= 15 is 0 Å². The Bertz CT molecular complexity index is 620. The Labute approximate surface area is 139 Å². The third-order valence-electron chi connectivity index (χ3n) is 2.77. The summed E-state index contributed by atoms with van der Waals surface area (Å²) in [4.78, 5) is 20.9. The molecule has 0 unspecified atom stereocenters. The number of likely N-dealkylation sites (N-methyl/N-ethyl adjacent to an activating group) is 1. The van der Waals surface area contributed by atoms with Crippen molar-refractivity contribution in [1.82, 2.24) is 5.32 Å². The predicted molar refractivity (Wildman–Crippen MR) is 89.9 cm³/mol. The first-order valence-electron chi connectivity index (χ1n) is 6.96. The largest absolute Gasteiger partial charge is 0.473 e. The highest BCUT2D eigenvalue weighted by molar-refractivity contribution is 7.99. The number of benzene rings is 2. The van der Waals surface area contributed by atoms with Gasteiger partial charge in [-0.1, -0.05) is 48.2 Å². The van der Waals surface area contributed by atoms with Crippen molar-refractivity contribution < 1.29 is 19.8 Å². The van der Waals surface area contributed by atoms with Gasteiger partial charge in [0.1, 0.15) is 0 Å². The SMILES string of the molecule is CNCCc1ccccc1Sc1ccccc1.O=C(O)C(=O)O. The Balaban J connectivity index is 0.000000379. The summed E-state index contributed by atoms with van der Waals surface area (Å²) in [6.45, 7) is 1.02. The van der Waals surface area contributed by atoms with Gasteiger partial charge in [-0.3, -0.25) is 0 Å². The third-order valence-corrected chi connectivity index (χ3v) is 3.90. The number of hydrogen-bond donors (Lipinski definition) is 3. The van der Waals surface area contributed by atoms with Gasteiger partial charge in [0.15, 0.2) is 0 Å². The van der Waals surface area contributed by atoms with E-state index in [0.29, 0.717) is 0 Å². The molecule has 2 rings (SSSR count). The first kappa shape index (κ1) is 18.7. The van der Waals surface area contributed by atoms with Gasteiger partial charge in [0, 0.05) is 9.79 Å². The van der Waals surface area contributed by atoms with Crippen molar-refractivity contribution in [1.29, 1.82) is 0 Å². The lowest BCUT2D eigenvalue weighted by molar-refractivity contribution is -0.159. The highest BCUT2D eigenvalue weighted by Crippen LogP contribution is 2.30. The van der Waals surface area contributed by atoms with Crippen LogP contribution in [0.4, 0.5) is 0 Å². The molecular formula is C17H19NO4S. The molecule has 0 amide bonds. The monoisotopic (exact) mass is 333 g/mol. The molecule has 23 heavy (non-hydrogen) atoms. The first-order valence-corrected chi connectivity index (χ1v) is 7.78. The lowest BCUT2D eigenvalue weighted by Crippen LogP contribution is -2.10. The van der Waals surface area contributed by atoms with Crippen molar-refractivity contribution in [2.45, 2.75) is 16.2 Å². The van der Waals surface area contributed by atoms with E-state index in [1.165, 1.54) is 15.4 Å². The van der Waals surface area contributed by atoms with Crippen LogP contribution in [0.1, 0.15) is 5.56 Å². The molecule has 6 heteroatoms. The molecule has 0 bridgehead atoms. The molecule has 0 aliphatic rings. The van der Waals surface area contributed by atoms with Crippen LogP contribution in [-0.4, -0.2) is 35.7 Å². The number of nitrogens with one attached hydrogen (secondary N) is 1. The summed E-state index contributed by atoms with van der Waals surface area (Å²) < 4.78 is 0. The number of aliphatic carboxylic acids is 2. The molecule has 0 atom stereocenters. The Morgan fingerprint density at radius 2 is 1.52 bits per heavy atom. The summed E-state index contributed by atoms with van der Waals surface area (Å²) in [5.41, 5.74) is 1.41. The lowest BCUT2D eigenvalue weighted by Gasteiger charge is -2.08. The van der Waals surface area contributed by atoms with E-state index in [1.807, 2.05) is 18.8 Å². The summed E-state index contributed by atoms with van der Waals surface area (Å²) in [7, 11) is 1.99. The van der Waals surface area contributed by atoms with E-state index in [9.17, 15) is 0 Å². The van der Waals surface area contributed by atoms with Crippen molar-refractivity contribution in [2.24, 2.45) is 0 Å². The molecule has 2 aromatic carbocycles. The van der Waals surface area contributed by atoms with E-state index in [0.717, 1.165) is 13.0 Å². The molecule has 122 valence electrons. The van der Waals surface area contributed by atoms with Crippen molar-refractivity contribution in [3.63, 3.8) is 0 Å². The minimum Gasteiger partial charge on any atom is -0.473 e. The van der Waals surface area contributed by atoms with Crippen LogP contribution in [0.2, 0.25) is 0 Å². The average Bonchev–Trinajstić information content (AvgIpc) is 2.55. The summed E-state index contributed by atoms with van der Waals surface area (Å²) in [5, 5.41) is 18.0. The average molecular weight is 333 g/mol. The molecule has 0 saturated carbocycles. The van der Waals surface area contributed by atoms with E-state index in [-0.39, 0.29) is 0 Å². The molecule has 0 saturated heterocycles. The first-order chi connectivity index (χ1) is 11.0. The lowest BCUT2D eigenvalue weighted by atomic mass is 10.1. The molecular weight excluding hydrogens is 314 g/mol. The zero-order chi connectivity index (χ0) is 17.1. The number of carbonyl (C=O) groups is 2. The maximum absolute atomic E-state index is 9.10. The van der Waals surface area contributed by atoms with Gasteiger partial charge in [-0.15, -0.1) is 0 Å². The number of carboxylic acids is 2. The fourth-order valence-corrected chi connectivity index (χ4v) is 2.68. The van der Waals surface area contributed by atoms with Gasteiger partial charge >= 0.3 is 11.9 Å². The summed E-state index contributed by atoms with van der Waals surface area (Å²) in [6, 6.07) is 19.1. The minimum absolute atomic E-state index is 1.02. The number of carboxylic acid groups (broad SMARTS) is 2. The van der Waals surface area contributed by atoms with Crippen molar-refractivity contribution in [3.05, 3.63) is 60.2 Å². The van der Waals surface area contributed by atoms with Crippen LogP contribution < -0.4 is 5.32 Å². The molecule has 0 aromatic heterocycles. The van der Waals surface area contributed by atoms with Crippen LogP contribution in [0.5, 0.6) is 0 Å². The van der Waals surface area contributed by atoms with Gasteiger partial charge in [0.05, 0.1) is 0 Å². The molecule has 3 N–H and O–H groups in total. The summed E-state index contributed by atoms with van der Waals surface area (Å²) in [6.07, 6.45) is 1.08. The number of rotatable bonds is 5.